The third-order valence-electron chi connectivity index (χ3n) is 4.97. The zero-order chi connectivity index (χ0) is 18.2. The summed E-state index contributed by atoms with van der Waals surface area (Å²) in [5.74, 6) is 0.499. The van der Waals surface area contributed by atoms with Gasteiger partial charge < -0.3 is 4.90 Å². The number of hydrogen-bond acceptors (Lipinski definition) is 5. The Morgan fingerprint density at radius 1 is 1.20 bits per heavy atom. The van der Waals surface area contributed by atoms with E-state index in [2.05, 4.69) is 49.6 Å². The van der Waals surface area contributed by atoms with Crippen LogP contribution in [0.1, 0.15) is 49.9 Å². The van der Waals surface area contributed by atoms with E-state index in [1.807, 2.05) is 6.07 Å². The zero-order valence-electron chi connectivity index (χ0n) is 15.9. The maximum absolute atomic E-state index is 12.2. The minimum absolute atomic E-state index is 0.00148. The van der Waals surface area contributed by atoms with Crippen LogP contribution in [0.5, 0.6) is 0 Å². The van der Waals surface area contributed by atoms with Gasteiger partial charge in [-0.25, -0.2) is 9.67 Å². The highest BCUT2D eigenvalue weighted by molar-refractivity contribution is 7.15. The molecular formula is C19H28N4OS. The van der Waals surface area contributed by atoms with Gasteiger partial charge in [0.15, 0.2) is 5.13 Å². The summed E-state index contributed by atoms with van der Waals surface area (Å²) in [4.78, 5) is 20.5. The van der Waals surface area contributed by atoms with Gasteiger partial charge in [-0.3, -0.25) is 4.79 Å². The van der Waals surface area contributed by atoms with Crippen molar-refractivity contribution in [2.75, 3.05) is 18.0 Å². The van der Waals surface area contributed by atoms with E-state index in [0.29, 0.717) is 12.5 Å². The van der Waals surface area contributed by atoms with Gasteiger partial charge in [-0.05, 0) is 38.7 Å². The van der Waals surface area contributed by atoms with Gasteiger partial charge in [-0.2, -0.15) is 5.10 Å². The van der Waals surface area contributed by atoms with Gasteiger partial charge >= 0.3 is 0 Å². The minimum atomic E-state index is -0.0423. The molecule has 1 aliphatic heterocycles. The Morgan fingerprint density at radius 3 is 2.44 bits per heavy atom. The van der Waals surface area contributed by atoms with Crippen molar-refractivity contribution in [2.24, 2.45) is 5.92 Å². The van der Waals surface area contributed by atoms with Crippen LogP contribution in [0.2, 0.25) is 0 Å². The molecule has 0 bridgehead atoms. The van der Waals surface area contributed by atoms with Crippen LogP contribution < -0.4 is 10.5 Å². The first-order valence-corrected chi connectivity index (χ1v) is 9.83. The van der Waals surface area contributed by atoms with Crippen LogP contribution in [0, 0.1) is 19.8 Å². The molecule has 5 nitrogen and oxygen atoms in total. The molecule has 1 saturated heterocycles. The van der Waals surface area contributed by atoms with Crippen molar-refractivity contribution in [3.05, 3.63) is 38.8 Å². The summed E-state index contributed by atoms with van der Waals surface area (Å²) in [6.45, 7) is 13.3. The fourth-order valence-electron chi connectivity index (χ4n) is 3.12. The highest BCUT2D eigenvalue weighted by Crippen LogP contribution is 2.29. The molecule has 25 heavy (non-hydrogen) atoms. The van der Waals surface area contributed by atoms with E-state index in [-0.39, 0.29) is 11.0 Å². The lowest BCUT2D eigenvalue weighted by molar-refractivity contribution is 0.330. The van der Waals surface area contributed by atoms with Crippen LogP contribution in [-0.2, 0) is 12.0 Å². The van der Waals surface area contributed by atoms with Gasteiger partial charge in [-0.1, -0.05) is 20.8 Å². The molecule has 0 aromatic carbocycles. The molecule has 0 saturated carbocycles. The average molecular weight is 361 g/mol. The Kier molecular flexibility index (Phi) is 5.00. The van der Waals surface area contributed by atoms with E-state index < -0.39 is 0 Å². The van der Waals surface area contributed by atoms with E-state index in [1.54, 1.807) is 22.1 Å². The molecule has 0 amide bonds. The Balaban J connectivity index is 1.65. The lowest BCUT2D eigenvalue weighted by atomic mass is 9.92. The second-order valence-corrected chi connectivity index (χ2v) is 9.24. The lowest BCUT2D eigenvalue weighted by Crippen LogP contribution is -2.37. The molecule has 3 rings (SSSR count). The molecule has 0 unspecified atom stereocenters. The third kappa shape index (κ3) is 4.11. The number of thiazole rings is 1. The fourth-order valence-corrected chi connectivity index (χ4v) is 4.08. The van der Waals surface area contributed by atoms with Gasteiger partial charge in [0.2, 0.25) is 0 Å². The van der Waals surface area contributed by atoms with Crippen molar-refractivity contribution in [3.63, 3.8) is 0 Å². The zero-order valence-corrected chi connectivity index (χ0v) is 16.7. The Hall–Kier alpha value is -1.69. The quantitative estimate of drug-likeness (QED) is 0.840. The van der Waals surface area contributed by atoms with E-state index >= 15 is 0 Å². The standard InChI is InChI=1S/C19H28N4OS/c1-13-14(2)25-18(20-13)22-10-8-15(9-11-22)12-23-17(24)7-6-16(21-23)19(3,4)5/h6-7,15H,8-12H2,1-5H3. The molecule has 0 N–H and O–H groups in total. The fraction of sp³-hybridized carbons (Fsp3) is 0.632. The first kappa shape index (κ1) is 18.1. The molecule has 136 valence electrons. The molecule has 2 aromatic rings. The van der Waals surface area contributed by atoms with Crippen molar-refractivity contribution in [1.29, 1.82) is 0 Å². The van der Waals surface area contributed by atoms with Crippen molar-refractivity contribution < 1.29 is 0 Å². The largest absolute Gasteiger partial charge is 0.348 e. The predicted molar refractivity (Wildman–Crippen MR) is 104 cm³/mol. The first-order valence-electron chi connectivity index (χ1n) is 9.01. The Bertz CT molecular complexity index is 775. The van der Waals surface area contributed by atoms with E-state index in [0.717, 1.165) is 42.5 Å². The van der Waals surface area contributed by atoms with Crippen LogP contribution in [0.15, 0.2) is 16.9 Å². The molecule has 0 aliphatic carbocycles. The van der Waals surface area contributed by atoms with Crippen LogP contribution in [0.4, 0.5) is 5.13 Å². The Labute approximate surface area is 153 Å². The summed E-state index contributed by atoms with van der Waals surface area (Å²) in [5.41, 5.74) is 2.07. The molecule has 6 heteroatoms. The number of aromatic nitrogens is 3. The van der Waals surface area contributed by atoms with Crippen LogP contribution in [0.3, 0.4) is 0 Å². The SMILES string of the molecule is Cc1nc(N2CCC(Cn3nc(C(C)(C)C)ccc3=O)CC2)sc1C. The molecule has 0 atom stereocenters. The number of nitrogens with zero attached hydrogens (tertiary/aromatic N) is 4. The summed E-state index contributed by atoms with van der Waals surface area (Å²) in [6.07, 6.45) is 2.15. The second kappa shape index (κ2) is 6.90. The summed E-state index contributed by atoms with van der Waals surface area (Å²) in [7, 11) is 0. The summed E-state index contributed by atoms with van der Waals surface area (Å²) in [6, 6.07) is 3.51. The summed E-state index contributed by atoms with van der Waals surface area (Å²) in [5, 5.41) is 5.75. The normalized spacial score (nSPS) is 16.4. The van der Waals surface area contributed by atoms with E-state index in [4.69, 9.17) is 0 Å². The number of rotatable bonds is 3. The Morgan fingerprint density at radius 2 is 1.88 bits per heavy atom. The van der Waals surface area contributed by atoms with E-state index in [9.17, 15) is 4.79 Å². The number of hydrogen-bond donors (Lipinski definition) is 0. The number of piperidine rings is 1. The van der Waals surface area contributed by atoms with Gasteiger partial charge in [0.25, 0.3) is 5.56 Å². The van der Waals surface area contributed by atoms with Crippen molar-refractivity contribution >= 4 is 16.5 Å². The smallest absolute Gasteiger partial charge is 0.266 e. The molecule has 3 heterocycles. The van der Waals surface area contributed by atoms with Gasteiger partial charge in [0.05, 0.1) is 11.4 Å². The highest BCUT2D eigenvalue weighted by atomic mass is 32.1. The van der Waals surface area contributed by atoms with Crippen molar-refractivity contribution in [3.8, 4) is 0 Å². The first-order chi connectivity index (χ1) is 11.7. The minimum Gasteiger partial charge on any atom is -0.348 e. The van der Waals surface area contributed by atoms with E-state index in [1.165, 1.54) is 4.88 Å². The topological polar surface area (TPSA) is 51.0 Å². The van der Waals surface area contributed by atoms with Crippen molar-refractivity contribution in [2.45, 2.75) is 59.4 Å². The molecule has 1 aliphatic rings. The molecule has 1 fully saturated rings. The van der Waals surface area contributed by atoms with Crippen molar-refractivity contribution in [1.82, 2.24) is 14.8 Å². The number of aryl methyl sites for hydroxylation is 2. The summed E-state index contributed by atoms with van der Waals surface area (Å²) < 4.78 is 1.67. The molecule has 0 spiro atoms. The maximum atomic E-state index is 12.2. The predicted octanol–water partition coefficient (Wildman–Crippen LogP) is 3.53. The van der Waals surface area contributed by atoms with Crippen LogP contribution in [0.25, 0.3) is 0 Å². The molecule has 0 radical (unpaired) electrons. The third-order valence-corrected chi connectivity index (χ3v) is 6.10. The monoisotopic (exact) mass is 360 g/mol. The van der Waals surface area contributed by atoms with Gasteiger partial charge in [-0.15, -0.1) is 11.3 Å². The highest BCUT2D eigenvalue weighted by Gasteiger charge is 2.23. The lowest BCUT2D eigenvalue weighted by Gasteiger charge is -2.32. The average Bonchev–Trinajstić information content (AvgIpc) is 2.88. The molecule has 2 aromatic heterocycles. The van der Waals surface area contributed by atoms with Crippen LogP contribution in [-0.4, -0.2) is 27.9 Å². The second-order valence-electron chi connectivity index (χ2n) is 8.06. The van der Waals surface area contributed by atoms with Gasteiger partial charge in [0, 0.05) is 36.0 Å². The van der Waals surface area contributed by atoms with Gasteiger partial charge in [0.1, 0.15) is 0 Å². The maximum Gasteiger partial charge on any atom is 0.266 e. The summed E-state index contributed by atoms with van der Waals surface area (Å²) >= 11 is 1.78. The van der Waals surface area contributed by atoms with Crippen LogP contribution >= 0.6 is 11.3 Å². The molecular weight excluding hydrogens is 332 g/mol. The number of anilines is 1.